The molecule has 0 radical (unpaired) electrons. The number of piperidine rings is 1. The van der Waals surface area contributed by atoms with Crippen LogP contribution in [0.2, 0.25) is 0 Å². The Morgan fingerprint density at radius 3 is 2.95 bits per heavy atom. The predicted octanol–water partition coefficient (Wildman–Crippen LogP) is 3.19. The number of hydrogen-bond acceptors (Lipinski definition) is 2. The van der Waals surface area contributed by atoms with E-state index in [0.29, 0.717) is 11.9 Å². The standard InChI is InChI=1S/C19H26N2O/c1-13-5-4-8-18-15(13)11-12-21(18)19(22)17-10-9-14-6-2-3-7-16(14)20-17/h4-5,8,14,16-17,20H,2-3,6-7,9-12H2,1H3. The first-order chi connectivity index (χ1) is 10.7. The lowest BCUT2D eigenvalue weighted by Gasteiger charge is -2.40. The third kappa shape index (κ3) is 2.36. The van der Waals surface area contributed by atoms with Crippen molar-refractivity contribution in [3.63, 3.8) is 0 Å². The number of nitrogens with one attached hydrogen (secondary N) is 1. The van der Waals surface area contributed by atoms with Crippen molar-refractivity contribution in [1.82, 2.24) is 5.32 Å². The first-order valence-electron chi connectivity index (χ1n) is 8.90. The van der Waals surface area contributed by atoms with E-state index in [9.17, 15) is 4.79 Å². The van der Waals surface area contributed by atoms with Crippen molar-refractivity contribution in [2.45, 2.75) is 64.0 Å². The number of anilines is 1. The van der Waals surface area contributed by atoms with Gasteiger partial charge in [-0.25, -0.2) is 0 Å². The van der Waals surface area contributed by atoms with Gasteiger partial charge in [0.25, 0.3) is 0 Å². The third-order valence-corrected chi connectivity index (χ3v) is 5.98. The Morgan fingerprint density at radius 1 is 1.18 bits per heavy atom. The van der Waals surface area contributed by atoms with Gasteiger partial charge < -0.3 is 10.2 Å². The fraction of sp³-hybridized carbons (Fsp3) is 0.632. The third-order valence-electron chi connectivity index (χ3n) is 5.98. The summed E-state index contributed by atoms with van der Waals surface area (Å²) >= 11 is 0. The maximum Gasteiger partial charge on any atom is 0.244 e. The van der Waals surface area contributed by atoms with Gasteiger partial charge in [0.2, 0.25) is 5.91 Å². The van der Waals surface area contributed by atoms with Crippen LogP contribution in [0, 0.1) is 12.8 Å². The van der Waals surface area contributed by atoms with Gasteiger partial charge in [0.05, 0.1) is 6.04 Å². The molecule has 1 aromatic rings. The Morgan fingerprint density at radius 2 is 2.05 bits per heavy atom. The van der Waals surface area contributed by atoms with Crippen molar-refractivity contribution in [2.24, 2.45) is 5.92 Å². The fourth-order valence-corrected chi connectivity index (χ4v) is 4.72. The quantitative estimate of drug-likeness (QED) is 0.863. The second-order valence-corrected chi connectivity index (χ2v) is 7.26. The summed E-state index contributed by atoms with van der Waals surface area (Å²) in [5.41, 5.74) is 3.83. The van der Waals surface area contributed by atoms with E-state index in [0.717, 1.165) is 31.0 Å². The van der Waals surface area contributed by atoms with Crippen LogP contribution in [0.25, 0.3) is 0 Å². The Kier molecular flexibility index (Phi) is 3.69. The molecule has 1 aliphatic carbocycles. The Hall–Kier alpha value is -1.35. The van der Waals surface area contributed by atoms with Gasteiger partial charge in [-0.1, -0.05) is 25.0 Å². The molecule has 118 valence electrons. The first-order valence-corrected chi connectivity index (χ1v) is 8.90. The van der Waals surface area contributed by atoms with Gasteiger partial charge in [-0.15, -0.1) is 0 Å². The van der Waals surface area contributed by atoms with Gasteiger partial charge in [-0.2, -0.15) is 0 Å². The van der Waals surface area contributed by atoms with Gasteiger partial charge in [0.1, 0.15) is 0 Å². The zero-order valence-electron chi connectivity index (χ0n) is 13.5. The highest BCUT2D eigenvalue weighted by Crippen LogP contribution is 2.35. The number of rotatable bonds is 1. The molecule has 3 aliphatic rings. The molecule has 1 N–H and O–H groups in total. The Balaban J connectivity index is 1.50. The molecule has 22 heavy (non-hydrogen) atoms. The molecule has 2 fully saturated rings. The highest BCUT2D eigenvalue weighted by atomic mass is 16.2. The molecule has 1 amide bonds. The highest BCUT2D eigenvalue weighted by molar-refractivity contribution is 5.99. The van der Waals surface area contributed by atoms with Crippen LogP contribution in [0.5, 0.6) is 0 Å². The maximum atomic E-state index is 13.0. The SMILES string of the molecule is Cc1cccc2c1CCN2C(=O)C1CCC2CCCCC2N1. The summed E-state index contributed by atoms with van der Waals surface area (Å²) in [7, 11) is 0. The molecule has 3 nitrogen and oxygen atoms in total. The average Bonchev–Trinajstić information content (AvgIpc) is 2.99. The Labute approximate surface area is 133 Å². The van der Waals surface area contributed by atoms with Crippen LogP contribution in [0.3, 0.4) is 0 Å². The molecule has 0 aromatic heterocycles. The lowest BCUT2D eigenvalue weighted by Crippen LogP contribution is -2.55. The smallest absolute Gasteiger partial charge is 0.244 e. The summed E-state index contributed by atoms with van der Waals surface area (Å²) in [4.78, 5) is 15.0. The van der Waals surface area contributed by atoms with Crippen molar-refractivity contribution in [2.75, 3.05) is 11.4 Å². The highest BCUT2D eigenvalue weighted by Gasteiger charge is 2.37. The predicted molar refractivity (Wildman–Crippen MR) is 89.1 cm³/mol. The van der Waals surface area contributed by atoms with Crippen LogP contribution in [0.15, 0.2) is 18.2 Å². The minimum Gasteiger partial charge on any atom is -0.310 e. The second kappa shape index (κ2) is 5.69. The van der Waals surface area contributed by atoms with Crippen LogP contribution in [0.1, 0.15) is 49.7 Å². The number of amides is 1. The van der Waals surface area contributed by atoms with E-state index in [1.807, 2.05) is 4.90 Å². The maximum absolute atomic E-state index is 13.0. The van der Waals surface area contributed by atoms with Crippen LogP contribution in [0.4, 0.5) is 5.69 Å². The van der Waals surface area contributed by atoms with Gasteiger partial charge >= 0.3 is 0 Å². The molecule has 1 aromatic carbocycles. The monoisotopic (exact) mass is 298 g/mol. The normalized spacial score (nSPS) is 30.8. The molecule has 0 spiro atoms. The van der Waals surface area contributed by atoms with E-state index >= 15 is 0 Å². The van der Waals surface area contributed by atoms with Crippen LogP contribution in [-0.2, 0) is 11.2 Å². The molecule has 4 rings (SSSR count). The van der Waals surface area contributed by atoms with E-state index in [1.54, 1.807) is 0 Å². The van der Waals surface area contributed by atoms with Crippen molar-refractivity contribution in [3.05, 3.63) is 29.3 Å². The van der Waals surface area contributed by atoms with Crippen molar-refractivity contribution in [3.8, 4) is 0 Å². The van der Waals surface area contributed by atoms with Crippen LogP contribution < -0.4 is 10.2 Å². The molecule has 3 heteroatoms. The van der Waals surface area contributed by atoms with E-state index in [-0.39, 0.29) is 6.04 Å². The molecular weight excluding hydrogens is 272 g/mol. The number of aryl methyl sites for hydroxylation is 1. The minimum absolute atomic E-state index is 0.0332. The summed E-state index contributed by atoms with van der Waals surface area (Å²) < 4.78 is 0. The van der Waals surface area contributed by atoms with Gasteiger partial charge in [0, 0.05) is 18.3 Å². The summed E-state index contributed by atoms with van der Waals surface area (Å²) in [5, 5.41) is 3.69. The van der Waals surface area contributed by atoms with E-state index in [4.69, 9.17) is 0 Å². The summed E-state index contributed by atoms with van der Waals surface area (Å²) in [6, 6.07) is 6.95. The number of carbonyl (C=O) groups excluding carboxylic acids is 1. The molecule has 2 aliphatic heterocycles. The number of benzene rings is 1. The van der Waals surface area contributed by atoms with Crippen LogP contribution in [-0.4, -0.2) is 24.5 Å². The molecule has 1 saturated heterocycles. The molecule has 3 atom stereocenters. The molecule has 2 heterocycles. The Bertz CT molecular complexity index is 583. The summed E-state index contributed by atoms with van der Waals surface area (Å²) in [6.45, 7) is 3.00. The van der Waals surface area contributed by atoms with E-state index in [1.165, 1.54) is 43.2 Å². The number of hydrogen-bond donors (Lipinski definition) is 1. The summed E-state index contributed by atoms with van der Waals surface area (Å²) in [5.74, 6) is 1.11. The zero-order chi connectivity index (χ0) is 15.1. The number of nitrogens with zero attached hydrogens (tertiary/aromatic N) is 1. The molecule has 0 bridgehead atoms. The molecular formula is C19H26N2O. The zero-order valence-corrected chi connectivity index (χ0v) is 13.5. The number of fused-ring (bicyclic) bond motifs is 2. The molecule has 1 saturated carbocycles. The van der Waals surface area contributed by atoms with Gasteiger partial charge in [-0.3, -0.25) is 4.79 Å². The average molecular weight is 298 g/mol. The lowest BCUT2D eigenvalue weighted by molar-refractivity contribution is -0.121. The van der Waals surface area contributed by atoms with Crippen LogP contribution >= 0.6 is 0 Å². The van der Waals surface area contributed by atoms with Crippen molar-refractivity contribution < 1.29 is 4.79 Å². The fourth-order valence-electron chi connectivity index (χ4n) is 4.72. The first kappa shape index (κ1) is 14.3. The molecule has 3 unspecified atom stereocenters. The number of carbonyl (C=O) groups is 1. The minimum atomic E-state index is 0.0332. The topological polar surface area (TPSA) is 32.3 Å². The van der Waals surface area contributed by atoms with Crippen molar-refractivity contribution in [1.29, 1.82) is 0 Å². The largest absolute Gasteiger partial charge is 0.310 e. The van der Waals surface area contributed by atoms with Gasteiger partial charge in [-0.05, 0) is 62.1 Å². The van der Waals surface area contributed by atoms with E-state index < -0.39 is 0 Å². The lowest BCUT2D eigenvalue weighted by atomic mass is 9.77. The van der Waals surface area contributed by atoms with Crippen molar-refractivity contribution >= 4 is 11.6 Å². The summed E-state index contributed by atoms with van der Waals surface area (Å²) in [6.07, 6.45) is 8.54. The van der Waals surface area contributed by atoms with E-state index in [2.05, 4.69) is 30.4 Å². The van der Waals surface area contributed by atoms with Gasteiger partial charge in [0.15, 0.2) is 0 Å². The second-order valence-electron chi connectivity index (χ2n) is 7.26.